The van der Waals surface area contributed by atoms with Gasteiger partial charge in [-0.1, -0.05) is 32.9 Å². The lowest BCUT2D eigenvalue weighted by atomic mass is 9.97. The van der Waals surface area contributed by atoms with E-state index >= 15 is 0 Å². The molecule has 0 aliphatic carbocycles. The predicted octanol–water partition coefficient (Wildman–Crippen LogP) is 4.56. The van der Waals surface area contributed by atoms with Crippen molar-refractivity contribution in [1.29, 1.82) is 0 Å². The van der Waals surface area contributed by atoms with E-state index in [2.05, 4.69) is 58.1 Å². The topological polar surface area (TPSA) is 21.3 Å². The lowest BCUT2D eigenvalue weighted by molar-refractivity contribution is 0.242. The maximum Gasteiger partial charge on any atom is 0.120 e. The maximum atomic E-state index is 5.78. The van der Waals surface area contributed by atoms with Gasteiger partial charge in [-0.25, -0.2) is 0 Å². The van der Waals surface area contributed by atoms with Crippen LogP contribution in [-0.4, -0.2) is 12.6 Å². The molecule has 19 heavy (non-hydrogen) atoms. The van der Waals surface area contributed by atoms with Crippen molar-refractivity contribution in [3.8, 4) is 5.75 Å². The molecule has 0 bridgehead atoms. The van der Waals surface area contributed by atoms with Crippen LogP contribution in [0.15, 0.2) is 24.3 Å². The van der Waals surface area contributed by atoms with Gasteiger partial charge in [-0.2, -0.15) is 0 Å². The molecule has 2 nitrogen and oxygen atoms in total. The van der Waals surface area contributed by atoms with Crippen molar-refractivity contribution < 1.29 is 4.74 Å². The fraction of sp³-hybridized carbons (Fsp3) is 0.647. The van der Waals surface area contributed by atoms with Gasteiger partial charge >= 0.3 is 0 Å². The summed E-state index contributed by atoms with van der Waals surface area (Å²) in [4.78, 5) is 0. The Morgan fingerprint density at radius 3 is 2.42 bits per heavy atom. The fourth-order valence-corrected chi connectivity index (χ4v) is 2.21. The SMILES string of the molecule is CCNC(CCC(C)C)c1cccc(OC(C)C)c1. The van der Waals surface area contributed by atoms with Crippen molar-refractivity contribution in [3.63, 3.8) is 0 Å². The van der Waals surface area contributed by atoms with E-state index in [1.54, 1.807) is 0 Å². The van der Waals surface area contributed by atoms with Gasteiger partial charge in [-0.05, 0) is 56.8 Å². The minimum atomic E-state index is 0.225. The summed E-state index contributed by atoms with van der Waals surface area (Å²) in [6.45, 7) is 11.8. The van der Waals surface area contributed by atoms with Crippen molar-refractivity contribution in [2.24, 2.45) is 5.92 Å². The maximum absolute atomic E-state index is 5.78. The molecule has 0 spiro atoms. The lowest BCUT2D eigenvalue weighted by Gasteiger charge is -2.20. The molecule has 0 saturated heterocycles. The highest BCUT2D eigenvalue weighted by Gasteiger charge is 2.12. The van der Waals surface area contributed by atoms with Crippen molar-refractivity contribution in [1.82, 2.24) is 5.32 Å². The van der Waals surface area contributed by atoms with Gasteiger partial charge in [0.15, 0.2) is 0 Å². The molecule has 1 aromatic carbocycles. The zero-order chi connectivity index (χ0) is 14.3. The predicted molar refractivity (Wildman–Crippen MR) is 82.7 cm³/mol. The van der Waals surface area contributed by atoms with Gasteiger partial charge in [0.05, 0.1) is 6.10 Å². The molecule has 0 aliphatic heterocycles. The Labute approximate surface area is 118 Å². The summed E-state index contributed by atoms with van der Waals surface area (Å²) in [5, 5.41) is 3.58. The van der Waals surface area contributed by atoms with Gasteiger partial charge in [-0.15, -0.1) is 0 Å². The quantitative estimate of drug-likeness (QED) is 0.742. The molecule has 108 valence electrons. The third-order valence-corrected chi connectivity index (χ3v) is 3.12. The molecule has 0 aromatic heterocycles. The van der Waals surface area contributed by atoms with Crippen LogP contribution in [-0.2, 0) is 0 Å². The summed E-state index contributed by atoms with van der Waals surface area (Å²) in [6.07, 6.45) is 2.65. The van der Waals surface area contributed by atoms with Crippen LogP contribution in [0.2, 0.25) is 0 Å². The average Bonchev–Trinajstić information content (AvgIpc) is 2.33. The minimum absolute atomic E-state index is 0.225. The smallest absolute Gasteiger partial charge is 0.120 e. The fourth-order valence-electron chi connectivity index (χ4n) is 2.21. The zero-order valence-corrected chi connectivity index (χ0v) is 13.1. The van der Waals surface area contributed by atoms with E-state index in [9.17, 15) is 0 Å². The number of hydrogen-bond acceptors (Lipinski definition) is 2. The molecule has 0 heterocycles. The van der Waals surface area contributed by atoms with Crippen LogP contribution in [0.4, 0.5) is 0 Å². The van der Waals surface area contributed by atoms with Crippen LogP contribution < -0.4 is 10.1 Å². The van der Waals surface area contributed by atoms with Crippen LogP contribution >= 0.6 is 0 Å². The summed E-state index contributed by atoms with van der Waals surface area (Å²) in [5.74, 6) is 1.72. The van der Waals surface area contributed by atoms with E-state index in [1.165, 1.54) is 18.4 Å². The molecule has 0 fully saturated rings. The Morgan fingerprint density at radius 1 is 1.11 bits per heavy atom. The van der Waals surface area contributed by atoms with Gasteiger partial charge < -0.3 is 10.1 Å². The summed E-state index contributed by atoms with van der Waals surface area (Å²) < 4.78 is 5.78. The Bertz CT molecular complexity index is 360. The van der Waals surface area contributed by atoms with Crippen molar-refractivity contribution >= 4 is 0 Å². The van der Waals surface area contributed by atoms with E-state index in [0.29, 0.717) is 6.04 Å². The Hall–Kier alpha value is -1.02. The number of ether oxygens (including phenoxy) is 1. The molecular formula is C17H29NO. The third-order valence-electron chi connectivity index (χ3n) is 3.12. The monoisotopic (exact) mass is 263 g/mol. The van der Waals surface area contributed by atoms with Crippen LogP contribution in [0, 0.1) is 5.92 Å². The van der Waals surface area contributed by atoms with Crippen molar-refractivity contribution in [2.75, 3.05) is 6.54 Å². The van der Waals surface area contributed by atoms with Gasteiger partial charge in [0.25, 0.3) is 0 Å². The van der Waals surface area contributed by atoms with Gasteiger partial charge in [0.2, 0.25) is 0 Å². The van der Waals surface area contributed by atoms with E-state index in [1.807, 2.05) is 6.07 Å². The first kappa shape index (κ1) is 16.0. The first-order valence-electron chi connectivity index (χ1n) is 7.53. The largest absolute Gasteiger partial charge is 0.491 e. The van der Waals surface area contributed by atoms with Crippen LogP contribution in [0.5, 0.6) is 5.75 Å². The van der Waals surface area contributed by atoms with Crippen molar-refractivity contribution in [2.45, 2.75) is 59.6 Å². The zero-order valence-electron chi connectivity index (χ0n) is 13.1. The van der Waals surface area contributed by atoms with Gasteiger partial charge in [-0.3, -0.25) is 0 Å². The molecule has 0 aliphatic rings. The highest BCUT2D eigenvalue weighted by Crippen LogP contribution is 2.24. The molecule has 1 N–H and O–H groups in total. The second kappa shape index (κ2) is 8.21. The van der Waals surface area contributed by atoms with Crippen molar-refractivity contribution in [3.05, 3.63) is 29.8 Å². The molecule has 1 rings (SSSR count). The van der Waals surface area contributed by atoms with E-state index < -0.39 is 0 Å². The van der Waals surface area contributed by atoms with Gasteiger partial charge in [0.1, 0.15) is 5.75 Å². The van der Waals surface area contributed by atoms with Crippen LogP contribution in [0.1, 0.15) is 59.1 Å². The molecule has 1 unspecified atom stereocenters. The Kier molecular flexibility index (Phi) is 6.93. The first-order valence-corrected chi connectivity index (χ1v) is 7.53. The number of nitrogens with one attached hydrogen (secondary N) is 1. The molecule has 0 saturated carbocycles. The highest BCUT2D eigenvalue weighted by molar-refractivity contribution is 5.30. The molecule has 0 radical (unpaired) electrons. The lowest BCUT2D eigenvalue weighted by Crippen LogP contribution is -2.21. The highest BCUT2D eigenvalue weighted by atomic mass is 16.5. The molecule has 1 aromatic rings. The number of benzene rings is 1. The Morgan fingerprint density at radius 2 is 1.84 bits per heavy atom. The molecule has 0 amide bonds. The standard InChI is InChI=1S/C17H29NO/c1-6-18-17(11-10-13(2)3)15-8-7-9-16(12-15)19-14(4)5/h7-9,12-14,17-18H,6,10-11H2,1-5H3. The van der Waals surface area contributed by atoms with Crippen LogP contribution in [0.25, 0.3) is 0 Å². The van der Waals surface area contributed by atoms with E-state index in [4.69, 9.17) is 4.74 Å². The van der Waals surface area contributed by atoms with E-state index in [0.717, 1.165) is 18.2 Å². The second-order valence-electron chi connectivity index (χ2n) is 5.82. The molecular weight excluding hydrogens is 234 g/mol. The summed E-state index contributed by atoms with van der Waals surface area (Å²) in [5.41, 5.74) is 1.33. The normalized spacial score (nSPS) is 13.0. The Balaban J connectivity index is 2.76. The molecule has 2 heteroatoms. The number of rotatable bonds is 8. The van der Waals surface area contributed by atoms with E-state index in [-0.39, 0.29) is 6.10 Å². The molecule has 1 atom stereocenters. The summed E-state index contributed by atoms with van der Waals surface area (Å²) >= 11 is 0. The summed E-state index contributed by atoms with van der Waals surface area (Å²) in [7, 11) is 0. The first-order chi connectivity index (χ1) is 9.02. The van der Waals surface area contributed by atoms with Crippen LogP contribution in [0.3, 0.4) is 0 Å². The second-order valence-corrected chi connectivity index (χ2v) is 5.82. The summed E-state index contributed by atoms with van der Waals surface area (Å²) in [6, 6.07) is 8.93. The minimum Gasteiger partial charge on any atom is -0.491 e. The average molecular weight is 263 g/mol. The number of hydrogen-bond donors (Lipinski definition) is 1. The third kappa shape index (κ3) is 6.11. The van der Waals surface area contributed by atoms with Gasteiger partial charge in [0, 0.05) is 6.04 Å².